The summed E-state index contributed by atoms with van der Waals surface area (Å²) in [5.74, 6) is -1.99. The van der Waals surface area contributed by atoms with Gasteiger partial charge >= 0.3 is 0 Å². The third-order valence-corrected chi connectivity index (χ3v) is 7.32. The molecule has 202 valence electrons. The number of hydrogen-bond acceptors (Lipinski definition) is 2. The summed E-state index contributed by atoms with van der Waals surface area (Å²) in [6.07, 6.45) is 10.1. The first-order chi connectivity index (χ1) is 18.5. The predicted molar refractivity (Wildman–Crippen MR) is 148 cm³/mol. The van der Waals surface area contributed by atoms with Gasteiger partial charge in [0.05, 0.1) is 19.3 Å². The molecule has 0 bridgehead atoms. The van der Waals surface area contributed by atoms with E-state index >= 15 is 4.39 Å². The number of hydrogen-bond donors (Lipinski definition) is 0. The second kappa shape index (κ2) is 13.7. The van der Waals surface area contributed by atoms with E-state index in [1.807, 2.05) is 12.1 Å². The fraction of sp³-hybridized carbons (Fsp3) is 0.394. The van der Waals surface area contributed by atoms with Crippen molar-refractivity contribution in [3.8, 4) is 28.0 Å². The lowest BCUT2D eigenvalue weighted by Gasteiger charge is -2.27. The minimum Gasteiger partial charge on any atom is -0.490 e. The number of benzene rings is 3. The summed E-state index contributed by atoms with van der Waals surface area (Å²) >= 11 is 0. The Balaban J connectivity index is 1.39. The Morgan fingerprint density at radius 2 is 1.53 bits per heavy atom. The molecule has 2 atom stereocenters. The SMILES string of the molecule is C=CC1CCC(c2ccc(-c3ccc(-c4ccc(OCCCCCCCC)c(F)c4F)cc3)c(F)c2)OC1. The zero-order valence-electron chi connectivity index (χ0n) is 22.2. The third-order valence-electron chi connectivity index (χ3n) is 7.32. The minimum atomic E-state index is -0.983. The van der Waals surface area contributed by atoms with Gasteiger partial charge in [0.25, 0.3) is 0 Å². The highest BCUT2D eigenvalue weighted by molar-refractivity contribution is 5.71. The standard InChI is InChI=1S/C33H37F3O2/c1-3-5-6-7-8-9-20-37-31-19-17-28(32(35)33(31)36)25-13-11-24(12-14-25)27-16-15-26(21-29(27)34)30-18-10-23(4-2)22-38-30/h4,11-17,19,21,23,30H,2-3,5-10,18,20,22H2,1H3. The van der Waals surface area contributed by atoms with Gasteiger partial charge < -0.3 is 9.47 Å². The summed E-state index contributed by atoms with van der Waals surface area (Å²) in [4.78, 5) is 0. The maximum Gasteiger partial charge on any atom is 0.201 e. The van der Waals surface area contributed by atoms with E-state index < -0.39 is 11.6 Å². The van der Waals surface area contributed by atoms with Crippen molar-refractivity contribution in [3.63, 3.8) is 0 Å². The molecular formula is C33H37F3O2. The van der Waals surface area contributed by atoms with Crippen LogP contribution in [0.2, 0.25) is 0 Å². The van der Waals surface area contributed by atoms with E-state index in [2.05, 4.69) is 13.5 Å². The Morgan fingerprint density at radius 1 is 0.842 bits per heavy atom. The van der Waals surface area contributed by atoms with Gasteiger partial charge in [0.2, 0.25) is 5.82 Å². The lowest BCUT2D eigenvalue weighted by atomic mass is 9.93. The van der Waals surface area contributed by atoms with E-state index in [-0.39, 0.29) is 23.2 Å². The highest BCUT2D eigenvalue weighted by Gasteiger charge is 2.22. The van der Waals surface area contributed by atoms with Crippen molar-refractivity contribution in [2.45, 2.75) is 64.4 Å². The fourth-order valence-electron chi connectivity index (χ4n) is 4.95. The van der Waals surface area contributed by atoms with E-state index in [9.17, 15) is 8.78 Å². The van der Waals surface area contributed by atoms with Gasteiger partial charge in [-0.1, -0.05) is 81.5 Å². The van der Waals surface area contributed by atoms with Crippen LogP contribution < -0.4 is 4.74 Å². The van der Waals surface area contributed by atoms with Crippen LogP contribution in [0.3, 0.4) is 0 Å². The maximum atomic E-state index is 15.0. The average molecular weight is 523 g/mol. The molecule has 0 saturated carbocycles. The van der Waals surface area contributed by atoms with Crippen LogP contribution in [0.4, 0.5) is 13.2 Å². The van der Waals surface area contributed by atoms with Crippen LogP contribution in [0.15, 0.2) is 67.3 Å². The van der Waals surface area contributed by atoms with E-state index in [1.54, 1.807) is 30.3 Å². The molecule has 0 spiro atoms. The Labute approximate surface area is 224 Å². The number of halogens is 3. The van der Waals surface area contributed by atoms with Gasteiger partial charge in [0.15, 0.2) is 11.6 Å². The summed E-state index contributed by atoms with van der Waals surface area (Å²) in [6, 6.07) is 15.0. The summed E-state index contributed by atoms with van der Waals surface area (Å²) in [6.45, 7) is 6.95. The Hall–Kier alpha value is -3.05. The van der Waals surface area contributed by atoms with Crippen LogP contribution in [0.5, 0.6) is 5.75 Å². The van der Waals surface area contributed by atoms with Crippen molar-refractivity contribution < 1.29 is 22.6 Å². The van der Waals surface area contributed by atoms with Gasteiger partial charge in [-0.05, 0) is 54.2 Å². The van der Waals surface area contributed by atoms with Crippen LogP contribution in [0, 0.1) is 23.4 Å². The molecule has 0 aromatic heterocycles. The Kier molecular flexibility index (Phi) is 10.1. The molecule has 1 aliphatic rings. The second-order valence-electron chi connectivity index (χ2n) is 10.1. The van der Waals surface area contributed by atoms with E-state index in [1.165, 1.54) is 37.5 Å². The largest absolute Gasteiger partial charge is 0.490 e. The molecule has 1 heterocycles. The van der Waals surface area contributed by atoms with Gasteiger partial charge in [-0.3, -0.25) is 0 Å². The van der Waals surface area contributed by atoms with Gasteiger partial charge in [0.1, 0.15) is 5.82 Å². The maximum absolute atomic E-state index is 15.0. The van der Waals surface area contributed by atoms with Crippen molar-refractivity contribution in [1.82, 2.24) is 0 Å². The molecule has 1 aliphatic heterocycles. The first kappa shape index (κ1) is 28.0. The van der Waals surface area contributed by atoms with Crippen molar-refractivity contribution in [1.29, 1.82) is 0 Å². The number of unbranched alkanes of at least 4 members (excludes halogenated alkanes) is 5. The lowest BCUT2D eigenvalue weighted by molar-refractivity contribution is -0.00528. The monoisotopic (exact) mass is 522 g/mol. The summed E-state index contributed by atoms with van der Waals surface area (Å²) in [7, 11) is 0. The molecule has 4 rings (SSSR count). The van der Waals surface area contributed by atoms with E-state index in [4.69, 9.17) is 9.47 Å². The molecule has 3 aromatic rings. The quantitative estimate of drug-likeness (QED) is 0.174. The number of ether oxygens (including phenoxy) is 2. The minimum absolute atomic E-state index is 0.0689. The van der Waals surface area contributed by atoms with Crippen molar-refractivity contribution in [2.24, 2.45) is 5.92 Å². The molecule has 0 amide bonds. The highest BCUT2D eigenvalue weighted by Crippen LogP contribution is 2.35. The molecule has 2 nitrogen and oxygen atoms in total. The van der Waals surface area contributed by atoms with Gasteiger partial charge in [-0.15, -0.1) is 6.58 Å². The molecule has 2 unspecified atom stereocenters. The molecule has 5 heteroatoms. The van der Waals surface area contributed by atoms with Crippen LogP contribution in [0.25, 0.3) is 22.3 Å². The first-order valence-corrected chi connectivity index (χ1v) is 13.8. The van der Waals surface area contributed by atoms with Crippen molar-refractivity contribution in [3.05, 3.63) is 90.3 Å². The normalized spacial score (nSPS) is 17.4. The zero-order chi connectivity index (χ0) is 26.9. The topological polar surface area (TPSA) is 18.5 Å². The Morgan fingerprint density at radius 3 is 2.18 bits per heavy atom. The second-order valence-corrected chi connectivity index (χ2v) is 10.1. The number of rotatable bonds is 12. The molecule has 3 aromatic carbocycles. The molecule has 1 saturated heterocycles. The molecule has 0 radical (unpaired) electrons. The van der Waals surface area contributed by atoms with E-state index in [0.29, 0.717) is 35.8 Å². The van der Waals surface area contributed by atoms with Crippen molar-refractivity contribution >= 4 is 0 Å². The molecule has 0 aliphatic carbocycles. The van der Waals surface area contributed by atoms with Crippen LogP contribution in [0.1, 0.15) is 70.0 Å². The highest BCUT2D eigenvalue weighted by atomic mass is 19.2. The third kappa shape index (κ3) is 6.87. The van der Waals surface area contributed by atoms with Gasteiger partial charge in [0, 0.05) is 17.0 Å². The fourth-order valence-corrected chi connectivity index (χ4v) is 4.95. The van der Waals surface area contributed by atoms with Crippen LogP contribution >= 0.6 is 0 Å². The summed E-state index contributed by atoms with van der Waals surface area (Å²) in [5.41, 5.74) is 2.59. The zero-order valence-corrected chi connectivity index (χ0v) is 22.2. The van der Waals surface area contributed by atoms with E-state index in [0.717, 1.165) is 37.7 Å². The van der Waals surface area contributed by atoms with Crippen molar-refractivity contribution in [2.75, 3.05) is 13.2 Å². The average Bonchev–Trinajstić information content (AvgIpc) is 2.95. The molecule has 1 fully saturated rings. The van der Waals surface area contributed by atoms with Gasteiger partial charge in [-0.2, -0.15) is 4.39 Å². The Bertz CT molecular complexity index is 1200. The summed E-state index contributed by atoms with van der Waals surface area (Å²) in [5, 5.41) is 0. The summed E-state index contributed by atoms with van der Waals surface area (Å²) < 4.78 is 56.0. The molecule has 38 heavy (non-hydrogen) atoms. The van der Waals surface area contributed by atoms with Crippen LogP contribution in [-0.4, -0.2) is 13.2 Å². The van der Waals surface area contributed by atoms with Crippen LogP contribution in [-0.2, 0) is 4.74 Å². The predicted octanol–water partition coefficient (Wildman–Crippen LogP) is 9.83. The smallest absolute Gasteiger partial charge is 0.201 e. The molecule has 0 N–H and O–H groups in total. The first-order valence-electron chi connectivity index (χ1n) is 13.8. The lowest BCUT2D eigenvalue weighted by Crippen LogP contribution is -2.19. The molecular weight excluding hydrogens is 485 g/mol. The van der Waals surface area contributed by atoms with Gasteiger partial charge in [-0.25, -0.2) is 8.78 Å².